The molecule has 0 saturated heterocycles. The number of hydrogen-bond donors (Lipinski definition) is 2. The number of halogens is 1. The summed E-state index contributed by atoms with van der Waals surface area (Å²) >= 11 is 0. The van der Waals surface area contributed by atoms with Crippen LogP contribution < -0.4 is 10.6 Å². The summed E-state index contributed by atoms with van der Waals surface area (Å²) < 4.78 is 12.9. The van der Waals surface area contributed by atoms with E-state index in [1.165, 1.54) is 18.3 Å². The first kappa shape index (κ1) is 17.6. The van der Waals surface area contributed by atoms with E-state index in [-0.39, 0.29) is 11.7 Å². The van der Waals surface area contributed by atoms with Gasteiger partial charge in [0, 0.05) is 25.5 Å². The minimum absolute atomic E-state index is 0.175. The highest BCUT2D eigenvalue weighted by atomic mass is 19.1. The summed E-state index contributed by atoms with van der Waals surface area (Å²) in [5, 5.41) is 6.11. The molecule has 26 heavy (non-hydrogen) atoms. The molecule has 5 heteroatoms. The number of anilines is 1. The zero-order chi connectivity index (χ0) is 18.4. The van der Waals surface area contributed by atoms with E-state index in [4.69, 9.17) is 0 Å². The van der Waals surface area contributed by atoms with E-state index < -0.39 is 0 Å². The van der Waals surface area contributed by atoms with Crippen LogP contribution in [0, 0.1) is 12.7 Å². The number of nitrogens with one attached hydrogen (secondary N) is 2. The largest absolute Gasteiger partial charge is 0.380 e. The lowest BCUT2D eigenvalue weighted by Gasteiger charge is -2.10. The van der Waals surface area contributed by atoms with E-state index in [0.717, 1.165) is 22.4 Å². The molecule has 1 amide bonds. The molecule has 0 fully saturated rings. The Morgan fingerprint density at radius 1 is 1.04 bits per heavy atom. The third-order valence-electron chi connectivity index (χ3n) is 4.11. The third-order valence-corrected chi connectivity index (χ3v) is 4.11. The van der Waals surface area contributed by atoms with Crippen LogP contribution in [0.25, 0.3) is 0 Å². The number of benzene rings is 2. The summed E-state index contributed by atoms with van der Waals surface area (Å²) in [6.07, 6.45) is 3.19. The number of carbonyl (C=O) groups is 1. The number of aryl methyl sites for hydroxylation is 1. The average Bonchev–Trinajstić information content (AvgIpc) is 2.67. The average molecular weight is 349 g/mol. The molecule has 4 nitrogen and oxygen atoms in total. The number of carbonyl (C=O) groups excluding carboxylic acids is 1. The van der Waals surface area contributed by atoms with Gasteiger partial charge in [-0.2, -0.15) is 0 Å². The van der Waals surface area contributed by atoms with Crippen LogP contribution in [0.1, 0.15) is 27.0 Å². The van der Waals surface area contributed by atoms with Crippen molar-refractivity contribution in [3.8, 4) is 0 Å². The van der Waals surface area contributed by atoms with Gasteiger partial charge in [0.1, 0.15) is 5.82 Å². The molecule has 0 radical (unpaired) electrons. The first-order chi connectivity index (χ1) is 12.6. The smallest absolute Gasteiger partial charge is 0.253 e. The Bertz CT molecular complexity index is 894. The van der Waals surface area contributed by atoms with Crippen LogP contribution in [0.15, 0.2) is 67.0 Å². The maximum Gasteiger partial charge on any atom is 0.253 e. The molecule has 3 rings (SSSR count). The van der Waals surface area contributed by atoms with Gasteiger partial charge in [-0.3, -0.25) is 9.78 Å². The number of aromatic nitrogens is 1. The minimum atomic E-state index is -0.261. The van der Waals surface area contributed by atoms with Crippen LogP contribution in [0.4, 0.5) is 10.1 Å². The molecule has 0 atom stereocenters. The van der Waals surface area contributed by atoms with Crippen LogP contribution in [0.2, 0.25) is 0 Å². The normalized spacial score (nSPS) is 10.4. The molecular formula is C21H20FN3O. The second kappa shape index (κ2) is 8.25. The zero-order valence-corrected chi connectivity index (χ0v) is 14.5. The molecular weight excluding hydrogens is 329 g/mol. The van der Waals surface area contributed by atoms with Crippen molar-refractivity contribution >= 4 is 11.6 Å². The van der Waals surface area contributed by atoms with E-state index >= 15 is 0 Å². The Labute approximate surface area is 152 Å². The summed E-state index contributed by atoms with van der Waals surface area (Å²) in [6, 6.07) is 16.0. The van der Waals surface area contributed by atoms with E-state index in [2.05, 4.69) is 15.6 Å². The van der Waals surface area contributed by atoms with Gasteiger partial charge in [0.25, 0.3) is 5.91 Å². The molecule has 0 spiro atoms. The Morgan fingerprint density at radius 3 is 2.58 bits per heavy atom. The lowest BCUT2D eigenvalue weighted by Crippen LogP contribution is -2.23. The van der Waals surface area contributed by atoms with Crippen LogP contribution in [-0.2, 0) is 13.1 Å². The second-order valence-electron chi connectivity index (χ2n) is 6.05. The van der Waals surface area contributed by atoms with Crippen molar-refractivity contribution in [3.63, 3.8) is 0 Å². The van der Waals surface area contributed by atoms with Crippen LogP contribution in [0.3, 0.4) is 0 Å². The summed E-state index contributed by atoms with van der Waals surface area (Å²) in [6.45, 7) is 3.01. The molecule has 132 valence electrons. The lowest BCUT2D eigenvalue weighted by atomic mass is 10.1. The summed E-state index contributed by atoms with van der Waals surface area (Å²) in [7, 11) is 0. The Balaban J connectivity index is 1.60. The Kier molecular flexibility index (Phi) is 5.59. The van der Waals surface area contributed by atoms with Crippen molar-refractivity contribution in [3.05, 3.63) is 95.1 Å². The van der Waals surface area contributed by atoms with Crippen LogP contribution >= 0.6 is 0 Å². The van der Waals surface area contributed by atoms with E-state index in [0.29, 0.717) is 18.7 Å². The molecule has 2 N–H and O–H groups in total. The maximum atomic E-state index is 12.9. The number of pyridine rings is 1. The highest BCUT2D eigenvalue weighted by molar-refractivity contribution is 5.94. The van der Waals surface area contributed by atoms with Crippen LogP contribution in [-0.4, -0.2) is 10.9 Å². The molecule has 0 aliphatic heterocycles. The van der Waals surface area contributed by atoms with Crippen molar-refractivity contribution < 1.29 is 9.18 Å². The van der Waals surface area contributed by atoms with Crippen molar-refractivity contribution in [2.75, 3.05) is 5.32 Å². The number of amides is 1. The molecule has 0 saturated carbocycles. The SMILES string of the molecule is Cc1ccccc1CNC(=O)c1cncc(NCc2ccc(F)cc2)c1. The van der Waals surface area contributed by atoms with E-state index in [9.17, 15) is 9.18 Å². The quantitative estimate of drug-likeness (QED) is 0.705. The van der Waals surface area contributed by atoms with Gasteiger partial charge in [-0.15, -0.1) is 0 Å². The van der Waals surface area contributed by atoms with Crippen molar-refractivity contribution in [1.82, 2.24) is 10.3 Å². The lowest BCUT2D eigenvalue weighted by molar-refractivity contribution is 0.0950. The van der Waals surface area contributed by atoms with Gasteiger partial charge in [0.2, 0.25) is 0 Å². The molecule has 3 aromatic rings. The van der Waals surface area contributed by atoms with Gasteiger partial charge in [0.05, 0.1) is 11.3 Å². The molecule has 0 aliphatic carbocycles. The Morgan fingerprint density at radius 2 is 1.81 bits per heavy atom. The molecule has 1 heterocycles. The fourth-order valence-corrected chi connectivity index (χ4v) is 2.55. The Hall–Kier alpha value is -3.21. The van der Waals surface area contributed by atoms with Gasteiger partial charge in [-0.05, 0) is 41.8 Å². The van der Waals surface area contributed by atoms with Gasteiger partial charge in [-0.1, -0.05) is 36.4 Å². The molecule has 0 unspecified atom stereocenters. The maximum absolute atomic E-state index is 12.9. The predicted molar refractivity (Wildman–Crippen MR) is 100 cm³/mol. The van der Waals surface area contributed by atoms with E-state index in [1.807, 2.05) is 31.2 Å². The highest BCUT2D eigenvalue weighted by Crippen LogP contribution is 2.12. The molecule has 1 aromatic heterocycles. The first-order valence-electron chi connectivity index (χ1n) is 8.38. The topological polar surface area (TPSA) is 54.0 Å². The number of hydrogen-bond acceptors (Lipinski definition) is 3. The third kappa shape index (κ3) is 4.66. The van der Waals surface area contributed by atoms with E-state index in [1.54, 1.807) is 24.4 Å². The molecule has 2 aromatic carbocycles. The first-order valence-corrected chi connectivity index (χ1v) is 8.38. The van der Waals surface area contributed by atoms with Crippen molar-refractivity contribution in [1.29, 1.82) is 0 Å². The fourth-order valence-electron chi connectivity index (χ4n) is 2.55. The number of nitrogens with zero attached hydrogens (tertiary/aromatic N) is 1. The monoisotopic (exact) mass is 349 g/mol. The van der Waals surface area contributed by atoms with Crippen LogP contribution in [0.5, 0.6) is 0 Å². The molecule has 0 bridgehead atoms. The summed E-state index contributed by atoms with van der Waals surface area (Å²) in [4.78, 5) is 16.5. The minimum Gasteiger partial charge on any atom is -0.380 e. The fraction of sp³-hybridized carbons (Fsp3) is 0.143. The van der Waals surface area contributed by atoms with Crippen molar-refractivity contribution in [2.45, 2.75) is 20.0 Å². The summed E-state index contributed by atoms with van der Waals surface area (Å²) in [5.74, 6) is -0.436. The number of rotatable bonds is 6. The predicted octanol–water partition coefficient (Wildman–Crippen LogP) is 4.07. The van der Waals surface area contributed by atoms with Gasteiger partial charge in [-0.25, -0.2) is 4.39 Å². The van der Waals surface area contributed by atoms with Gasteiger partial charge >= 0.3 is 0 Å². The van der Waals surface area contributed by atoms with Gasteiger partial charge < -0.3 is 10.6 Å². The zero-order valence-electron chi connectivity index (χ0n) is 14.5. The summed E-state index contributed by atoms with van der Waals surface area (Å²) in [5.41, 5.74) is 4.39. The van der Waals surface area contributed by atoms with Crippen molar-refractivity contribution in [2.24, 2.45) is 0 Å². The second-order valence-corrected chi connectivity index (χ2v) is 6.05. The van der Waals surface area contributed by atoms with Gasteiger partial charge in [0.15, 0.2) is 0 Å². The molecule has 0 aliphatic rings. The standard InChI is InChI=1S/C21H20FN3O/c1-15-4-2-3-5-17(15)13-25-21(26)18-10-20(14-23-12-18)24-11-16-6-8-19(22)9-7-16/h2-10,12,14,24H,11,13H2,1H3,(H,25,26). The highest BCUT2D eigenvalue weighted by Gasteiger charge is 2.08.